The second-order valence-electron chi connectivity index (χ2n) is 10.1. The number of unbranched alkanes of at least 4 members (excludes halogenated alkanes) is 2. The molecule has 0 radical (unpaired) electrons. The number of amides is 3. The summed E-state index contributed by atoms with van der Waals surface area (Å²) in [5.41, 5.74) is 1.08. The largest absolute Gasteiger partial charge is 0.444 e. The molecule has 2 N–H and O–H groups in total. The Labute approximate surface area is 216 Å². The van der Waals surface area contributed by atoms with E-state index in [1.165, 1.54) is 0 Å². The quantitative estimate of drug-likeness (QED) is 0.357. The lowest BCUT2D eigenvalue weighted by Crippen LogP contribution is -2.55. The van der Waals surface area contributed by atoms with Crippen molar-refractivity contribution in [2.24, 2.45) is 0 Å². The minimum absolute atomic E-state index is 0.213. The molecule has 0 aliphatic rings. The van der Waals surface area contributed by atoms with Crippen LogP contribution in [0.25, 0.3) is 0 Å². The highest BCUT2D eigenvalue weighted by molar-refractivity contribution is 7.98. The fourth-order valence-electron chi connectivity index (χ4n) is 3.76. The van der Waals surface area contributed by atoms with E-state index in [0.717, 1.165) is 30.4 Å². The van der Waals surface area contributed by atoms with Crippen molar-refractivity contribution in [3.05, 3.63) is 35.4 Å². The third-order valence-corrected chi connectivity index (χ3v) is 6.02. The molecule has 0 saturated carbocycles. The molecule has 0 aliphatic heterocycles. The smallest absolute Gasteiger partial charge is 0.408 e. The second kappa shape index (κ2) is 15.0. The maximum absolute atomic E-state index is 13.9. The molecule has 198 valence electrons. The number of thioether (sulfide) groups is 1. The van der Waals surface area contributed by atoms with Crippen molar-refractivity contribution < 1.29 is 19.1 Å². The van der Waals surface area contributed by atoms with Crippen LogP contribution in [0, 0.1) is 6.92 Å². The van der Waals surface area contributed by atoms with Crippen molar-refractivity contribution in [2.75, 3.05) is 18.6 Å². The van der Waals surface area contributed by atoms with Crippen LogP contribution in [-0.4, -0.2) is 59.0 Å². The van der Waals surface area contributed by atoms with E-state index in [-0.39, 0.29) is 17.9 Å². The Hall–Kier alpha value is -2.22. The van der Waals surface area contributed by atoms with Gasteiger partial charge in [-0.3, -0.25) is 9.59 Å². The summed E-state index contributed by atoms with van der Waals surface area (Å²) in [5, 5.41) is 5.79. The van der Waals surface area contributed by atoms with Crippen LogP contribution in [0.15, 0.2) is 24.3 Å². The molecule has 0 aliphatic carbocycles. The minimum atomic E-state index is -0.806. The van der Waals surface area contributed by atoms with Gasteiger partial charge >= 0.3 is 6.09 Å². The first-order valence-corrected chi connectivity index (χ1v) is 14.0. The zero-order chi connectivity index (χ0) is 26.6. The lowest BCUT2D eigenvalue weighted by molar-refractivity contribution is -0.144. The summed E-state index contributed by atoms with van der Waals surface area (Å²) < 4.78 is 5.42. The molecule has 0 heterocycles. The highest BCUT2D eigenvalue weighted by atomic mass is 32.2. The van der Waals surface area contributed by atoms with Crippen molar-refractivity contribution in [1.29, 1.82) is 0 Å². The number of benzene rings is 1. The molecule has 2 unspecified atom stereocenters. The van der Waals surface area contributed by atoms with Gasteiger partial charge in [0.15, 0.2) is 0 Å². The predicted molar refractivity (Wildman–Crippen MR) is 145 cm³/mol. The van der Waals surface area contributed by atoms with Gasteiger partial charge in [0.05, 0.1) is 0 Å². The van der Waals surface area contributed by atoms with E-state index in [1.54, 1.807) is 37.4 Å². The van der Waals surface area contributed by atoms with Crippen LogP contribution < -0.4 is 10.6 Å². The van der Waals surface area contributed by atoms with Crippen molar-refractivity contribution in [3.63, 3.8) is 0 Å². The third-order valence-electron chi connectivity index (χ3n) is 5.37. The van der Waals surface area contributed by atoms with Crippen LogP contribution in [0.4, 0.5) is 4.79 Å². The monoisotopic (exact) mass is 507 g/mol. The average molecular weight is 508 g/mol. The third kappa shape index (κ3) is 10.9. The van der Waals surface area contributed by atoms with Gasteiger partial charge < -0.3 is 20.3 Å². The Kier molecular flexibility index (Phi) is 13.2. The lowest BCUT2D eigenvalue weighted by atomic mass is 9.99. The molecule has 0 fully saturated rings. The summed E-state index contributed by atoms with van der Waals surface area (Å²) in [5.74, 6) is 0.168. The van der Waals surface area contributed by atoms with Crippen molar-refractivity contribution in [2.45, 2.75) is 97.9 Å². The Morgan fingerprint density at radius 1 is 1.14 bits per heavy atom. The number of carbonyl (C=O) groups is 3. The fourth-order valence-corrected chi connectivity index (χ4v) is 4.24. The summed E-state index contributed by atoms with van der Waals surface area (Å²) in [6.45, 7) is 13.8. The van der Waals surface area contributed by atoms with Crippen molar-refractivity contribution >= 4 is 29.7 Å². The summed E-state index contributed by atoms with van der Waals surface area (Å²) in [4.78, 5) is 41.6. The van der Waals surface area contributed by atoms with Crippen molar-refractivity contribution in [3.8, 4) is 0 Å². The number of ether oxygens (including phenoxy) is 1. The van der Waals surface area contributed by atoms with Gasteiger partial charge in [-0.25, -0.2) is 4.79 Å². The Balaban J connectivity index is 3.34. The molecule has 35 heavy (non-hydrogen) atoms. The number of hydrogen-bond donors (Lipinski definition) is 2. The molecule has 0 aromatic heterocycles. The molecule has 1 aromatic carbocycles. The van der Waals surface area contributed by atoms with Crippen molar-refractivity contribution in [1.82, 2.24) is 15.5 Å². The van der Waals surface area contributed by atoms with Gasteiger partial charge in [0.2, 0.25) is 11.8 Å². The summed E-state index contributed by atoms with van der Waals surface area (Å²) >= 11 is 1.59. The molecule has 0 saturated heterocycles. The van der Waals surface area contributed by atoms with Crippen LogP contribution in [-0.2, 0) is 14.3 Å². The summed E-state index contributed by atoms with van der Waals surface area (Å²) in [7, 11) is 0. The van der Waals surface area contributed by atoms with Crippen LogP contribution in [0.3, 0.4) is 0 Å². The Morgan fingerprint density at radius 2 is 1.83 bits per heavy atom. The van der Waals surface area contributed by atoms with E-state index in [4.69, 9.17) is 4.74 Å². The molecule has 7 nitrogen and oxygen atoms in total. The van der Waals surface area contributed by atoms with Gasteiger partial charge in [-0.1, -0.05) is 49.6 Å². The standard InChI is InChI=1S/C27H45N3O4S/c1-9-10-11-16-28-24(31)23(21-14-12-13-20(4)18-21)30(19(2)3)25(32)22(15-17-35-8)29-26(33)34-27(5,6)7/h12-14,18-19,22-23H,9-11,15-17H2,1-8H3,(H,28,31)(H,29,33). The number of nitrogens with zero attached hydrogens (tertiary/aromatic N) is 1. The Bertz CT molecular complexity index is 823. The zero-order valence-corrected chi connectivity index (χ0v) is 23.6. The number of carbonyl (C=O) groups excluding carboxylic acids is 3. The first kappa shape index (κ1) is 30.8. The lowest BCUT2D eigenvalue weighted by Gasteiger charge is -2.37. The molecular formula is C27H45N3O4S. The van der Waals surface area contributed by atoms with E-state index in [2.05, 4.69) is 17.6 Å². The average Bonchev–Trinajstić information content (AvgIpc) is 2.75. The highest BCUT2D eigenvalue weighted by Crippen LogP contribution is 2.26. The van der Waals surface area contributed by atoms with Gasteiger partial charge in [0.25, 0.3) is 0 Å². The van der Waals surface area contributed by atoms with Gasteiger partial charge in [0, 0.05) is 12.6 Å². The van der Waals surface area contributed by atoms with Crippen LogP contribution in [0.5, 0.6) is 0 Å². The van der Waals surface area contributed by atoms with Gasteiger partial charge in [-0.05, 0) is 72.0 Å². The topological polar surface area (TPSA) is 87.7 Å². The molecule has 1 aromatic rings. The predicted octanol–water partition coefficient (Wildman–Crippen LogP) is 5.23. The number of alkyl carbamates (subject to hydrolysis) is 1. The molecule has 8 heteroatoms. The number of nitrogens with one attached hydrogen (secondary N) is 2. The summed E-state index contributed by atoms with van der Waals surface area (Å²) in [6.07, 6.45) is 4.71. The van der Waals surface area contributed by atoms with Gasteiger partial charge in [-0.2, -0.15) is 11.8 Å². The molecular weight excluding hydrogens is 462 g/mol. The number of aryl methyl sites for hydroxylation is 1. The first-order chi connectivity index (χ1) is 16.4. The van der Waals surface area contributed by atoms with Crippen LogP contribution in [0.2, 0.25) is 0 Å². The minimum Gasteiger partial charge on any atom is -0.444 e. The molecule has 1 rings (SSSR count). The van der Waals surface area contributed by atoms with Crippen LogP contribution in [0.1, 0.15) is 84.4 Å². The van der Waals surface area contributed by atoms with E-state index in [0.29, 0.717) is 18.7 Å². The highest BCUT2D eigenvalue weighted by Gasteiger charge is 2.37. The van der Waals surface area contributed by atoms with E-state index >= 15 is 0 Å². The Morgan fingerprint density at radius 3 is 2.37 bits per heavy atom. The van der Waals surface area contributed by atoms with E-state index in [9.17, 15) is 14.4 Å². The summed E-state index contributed by atoms with van der Waals surface area (Å²) in [6, 6.07) is 5.80. The maximum Gasteiger partial charge on any atom is 0.408 e. The normalized spacial score (nSPS) is 13.2. The maximum atomic E-state index is 13.9. The molecule has 0 spiro atoms. The second-order valence-corrected chi connectivity index (χ2v) is 11.1. The van der Waals surface area contributed by atoms with Gasteiger partial charge in [0.1, 0.15) is 17.7 Å². The number of rotatable bonds is 13. The van der Waals surface area contributed by atoms with E-state index < -0.39 is 23.8 Å². The zero-order valence-electron chi connectivity index (χ0n) is 22.8. The van der Waals surface area contributed by atoms with E-state index in [1.807, 2.05) is 51.3 Å². The fraction of sp³-hybridized carbons (Fsp3) is 0.667. The van der Waals surface area contributed by atoms with Gasteiger partial charge in [-0.15, -0.1) is 0 Å². The first-order valence-electron chi connectivity index (χ1n) is 12.6. The molecule has 0 bridgehead atoms. The molecule has 3 amide bonds. The SMILES string of the molecule is CCCCCNC(=O)C(c1cccc(C)c1)N(C(=O)C(CCSC)NC(=O)OC(C)(C)C)C(C)C. The number of hydrogen-bond acceptors (Lipinski definition) is 5. The van der Waals surface area contributed by atoms with Crippen LogP contribution >= 0.6 is 11.8 Å². The molecule has 2 atom stereocenters.